The van der Waals surface area contributed by atoms with Crippen molar-refractivity contribution in [2.24, 2.45) is 0 Å². The molecule has 8 heteroatoms. The summed E-state index contributed by atoms with van der Waals surface area (Å²) in [5.41, 5.74) is 6.17. The SMILES string of the molecule is CCS(=O)CCNc1nc(N)nc2[nH]ncc12. The van der Waals surface area contributed by atoms with E-state index in [9.17, 15) is 4.21 Å². The van der Waals surface area contributed by atoms with Crippen molar-refractivity contribution in [1.29, 1.82) is 0 Å². The monoisotopic (exact) mass is 254 g/mol. The fourth-order valence-electron chi connectivity index (χ4n) is 1.41. The molecule has 2 heterocycles. The number of H-pyrrole nitrogens is 1. The topological polar surface area (TPSA) is 110 Å². The van der Waals surface area contributed by atoms with Crippen molar-refractivity contribution >= 4 is 33.6 Å². The maximum atomic E-state index is 11.3. The lowest BCUT2D eigenvalue weighted by atomic mass is 10.4. The van der Waals surface area contributed by atoms with Crippen LogP contribution in [0.3, 0.4) is 0 Å². The van der Waals surface area contributed by atoms with E-state index in [4.69, 9.17) is 5.73 Å². The van der Waals surface area contributed by atoms with E-state index in [1.54, 1.807) is 6.20 Å². The molecule has 7 nitrogen and oxygen atoms in total. The number of aromatic amines is 1. The highest BCUT2D eigenvalue weighted by Crippen LogP contribution is 2.18. The molecule has 0 bridgehead atoms. The zero-order valence-corrected chi connectivity index (χ0v) is 10.3. The third-order valence-electron chi connectivity index (χ3n) is 2.27. The Hall–Kier alpha value is -1.70. The first-order valence-electron chi connectivity index (χ1n) is 5.26. The van der Waals surface area contributed by atoms with Gasteiger partial charge < -0.3 is 11.1 Å². The molecule has 1 atom stereocenters. The van der Waals surface area contributed by atoms with Crippen molar-refractivity contribution in [3.63, 3.8) is 0 Å². The summed E-state index contributed by atoms with van der Waals surface area (Å²) >= 11 is 0. The number of nitrogens with zero attached hydrogens (tertiary/aromatic N) is 3. The van der Waals surface area contributed by atoms with Gasteiger partial charge in [-0.05, 0) is 0 Å². The van der Waals surface area contributed by atoms with E-state index < -0.39 is 10.8 Å². The quantitative estimate of drug-likeness (QED) is 0.699. The first-order valence-corrected chi connectivity index (χ1v) is 6.75. The molecule has 1 unspecified atom stereocenters. The molecule has 0 aliphatic carbocycles. The molecule has 0 saturated carbocycles. The zero-order valence-electron chi connectivity index (χ0n) is 9.43. The largest absolute Gasteiger partial charge is 0.368 e. The van der Waals surface area contributed by atoms with Crippen LogP contribution in [0.1, 0.15) is 6.92 Å². The molecule has 0 aromatic carbocycles. The number of nitrogens with one attached hydrogen (secondary N) is 2. The van der Waals surface area contributed by atoms with Crippen molar-refractivity contribution in [2.45, 2.75) is 6.92 Å². The van der Waals surface area contributed by atoms with Crippen LogP contribution in [0.15, 0.2) is 6.20 Å². The molecule has 17 heavy (non-hydrogen) atoms. The number of nitrogens with two attached hydrogens (primary N) is 1. The molecule has 0 radical (unpaired) electrons. The second-order valence-corrected chi connectivity index (χ2v) is 5.29. The lowest BCUT2D eigenvalue weighted by Crippen LogP contribution is -2.13. The number of aromatic nitrogens is 4. The second-order valence-electron chi connectivity index (χ2n) is 3.42. The van der Waals surface area contributed by atoms with Crippen LogP contribution >= 0.6 is 0 Å². The number of hydrogen-bond donors (Lipinski definition) is 3. The lowest BCUT2D eigenvalue weighted by Gasteiger charge is -2.06. The number of nitrogen functional groups attached to an aromatic ring is 1. The van der Waals surface area contributed by atoms with Gasteiger partial charge in [0.25, 0.3) is 0 Å². The van der Waals surface area contributed by atoms with Crippen molar-refractivity contribution in [3.8, 4) is 0 Å². The van der Waals surface area contributed by atoms with Gasteiger partial charge in [-0.3, -0.25) is 9.31 Å². The highest BCUT2D eigenvalue weighted by molar-refractivity contribution is 7.84. The van der Waals surface area contributed by atoms with Gasteiger partial charge in [-0.2, -0.15) is 15.1 Å². The van der Waals surface area contributed by atoms with Gasteiger partial charge in [0.2, 0.25) is 5.95 Å². The second kappa shape index (κ2) is 5.09. The maximum Gasteiger partial charge on any atom is 0.224 e. The van der Waals surface area contributed by atoms with Crippen molar-refractivity contribution in [1.82, 2.24) is 20.2 Å². The van der Waals surface area contributed by atoms with E-state index in [0.29, 0.717) is 29.5 Å². The maximum absolute atomic E-state index is 11.3. The summed E-state index contributed by atoms with van der Waals surface area (Å²) in [7, 11) is -0.791. The fraction of sp³-hybridized carbons (Fsp3) is 0.444. The summed E-state index contributed by atoms with van der Waals surface area (Å²) < 4.78 is 11.3. The summed E-state index contributed by atoms with van der Waals surface area (Å²) in [5, 5.41) is 10.5. The predicted octanol–water partition coefficient (Wildman–Crippen LogP) is 0.116. The van der Waals surface area contributed by atoms with Crippen molar-refractivity contribution < 1.29 is 4.21 Å². The Labute approximate surface area is 101 Å². The van der Waals surface area contributed by atoms with Crippen LogP contribution in [-0.4, -0.2) is 42.4 Å². The van der Waals surface area contributed by atoms with Gasteiger partial charge in [0.1, 0.15) is 5.82 Å². The minimum absolute atomic E-state index is 0.181. The minimum atomic E-state index is -0.791. The third kappa shape index (κ3) is 2.70. The highest BCUT2D eigenvalue weighted by atomic mass is 32.2. The molecule has 0 spiro atoms. The molecular formula is C9H14N6OS. The number of anilines is 2. The summed E-state index contributed by atoms with van der Waals surface area (Å²) in [6.45, 7) is 2.48. The molecule has 0 saturated heterocycles. The summed E-state index contributed by atoms with van der Waals surface area (Å²) in [5.74, 6) is 2.05. The van der Waals surface area contributed by atoms with Crippen LogP contribution in [0.2, 0.25) is 0 Å². The van der Waals surface area contributed by atoms with Crippen LogP contribution in [0.25, 0.3) is 11.0 Å². The van der Waals surface area contributed by atoms with Gasteiger partial charge in [0.05, 0.1) is 11.6 Å². The molecular weight excluding hydrogens is 240 g/mol. The molecule has 2 aromatic heterocycles. The van der Waals surface area contributed by atoms with Crippen molar-refractivity contribution in [2.75, 3.05) is 29.1 Å². The van der Waals surface area contributed by atoms with Crippen LogP contribution in [0, 0.1) is 0 Å². The predicted molar refractivity (Wildman–Crippen MR) is 68.1 cm³/mol. The Morgan fingerprint density at radius 2 is 2.35 bits per heavy atom. The summed E-state index contributed by atoms with van der Waals surface area (Å²) in [6, 6.07) is 0. The van der Waals surface area contributed by atoms with Crippen LogP contribution in [-0.2, 0) is 10.8 Å². The fourth-order valence-corrected chi connectivity index (χ4v) is 2.03. The standard InChI is InChI=1S/C9H14N6OS/c1-2-17(16)4-3-11-7-6-5-12-15-8(6)14-9(10)13-7/h5H,2-4H2,1H3,(H4,10,11,12,13,14,15). The van der Waals surface area contributed by atoms with Gasteiger partial charge in [-0.25, -0.2) is 0 Å². The van der Waals surface area contributed by atoms with Crippen molar-refractivity contribution in [3.05, 3.63) is 6.20 Å². The third-order valence-corrected chi connectivity index (χ3v) is 3.57. The van der Waals surface area contributed by atoms with E-state index in [-0.39, 0.29) is 5.95 Å². The van der Waals surface area contributed by atoms with Gasteiger partial charge >= 0.3 is 0 Å². The average Bonchev–Trinajstić information content (AvgIpc) is 2.76. The van der Waals surface area contributed by atoms with E-state index in [1.807, 2.05) is 6.92 Å². The van der Waals surface area contributed by atoms with E-state index >= 15 is 0 Å². The number of hydrogen-bond acceptors (Lipinski definition) is 6. The molecule has 92 valence electrons. The normalized spacial score (nSPS) is 12.8. The Morgan fingerprint density at radius 1 is 1.53 bits per heavy atom. The van der Waals surface area contributed by atoms with Crippen LogP contribution < -0.4 is 11.1 Å². The molecule has 2 aromatic rings. The molecule has 0 fully saturated rings. The average molecular weight is 254 g/mol. The first kappa shape index (κ1) is 11.8. The van der Waals surface area contributed by atoms with E-state index in [2.05, 4.69) is 25.5 Å². The molecule has 0 amide bonds. The van der Waals surface area contributed by atoms with E-state index in [0.717, 1.165) is 5.39 Å². The molecule has 2 rings (SSSR count). The molecule has 0 aliphatic heterocycles. The summed E-state index contributed by atoms with van der Waals surface area (Å²) in [4.78, 5) is 8.10. The van der Waals surface area contributed by atoms with Gasteiger partial charge in [-0.15, -0.1) is 0 Å². The molecule has 4 N–H and O–H groups in total. The zero-order chi connectivity index (χ0) is 12.3. The highest BCUT2D eigenvalue weighted by Gasteiger charge is 2.07. The van der Waals surface area contributed by atoms with Crippen LogP contribution in [0.5, 0.6) is 0 Å². The first-order chi connectivity index (χ1) is 8.20. The van der Waals surface area contributed by atoms with Gasteiger partial charge in [0.15, 0.2) is 5.65 Å². The Bertz CT molecular complexity index is 539. The smallest absolute Gasteiger partial charge is 0.224 e. The lowest BCUT2D eigenvalue weighted by molar-refractivity contribution is 0.684. The van der Waals surface area contributed by atoms with Gasteiger partial charge in [0, 0.05) is 28.9 Å². The Balaban J connectivity index is 2.12. The van der Waals surface area contributed by atoms with E-state index in [1.165, 1.54) is 0 Å². The molecule has 0 aliphatic rings. The van der Waals surface area contributed by atoms with Gasteiger partial charge in [-0.1, -0.05) is 6.92 Å². The Morgan fingerprint density at radius 3 is 3.12 bits per heavy atom. The summed E-state index contributed by atoms with van der Waals surface area (Å²) in [6.07, 6.45) is 1.63. The number of rotatable bonds is 5. The van der Waals surface area contributed by atoms with Crippen LogP contribution in [0.4, 0.5) is 11.8 Å². The minimum Gasteiger partial charge on any atom is -0.368 e. The number of fused-ring (bicyclic) bond motifs is 1. The Kier molecular flexibility index (Phi) is 3.52.